The first kappa shape index (κ1) is 15.6. The van der Waals surface area contributed by atoms with Gasteiger partial charge in [-0.2, -0.15) is 5.26 Å². The molecule has 0 aromatic carbocycles. The first-order valence-electron chi connectivity index (χ1n) is 8.02. The number of nitrogen functional groups attached to an aromatic ring is 1. The van der Waals surface area contributed by atoms with Crippen molar-refractivity contribution in [3.63, 3.8) is 0 Å². The van der Waals surface area contributed by atoms with Crippen molar-refractivity contribution in [2.45, 2.75) is 6.54 Å². The van der Waals surface area contributed by atoms with Gasteiger partial charge in [0, 0.05) is 24.5 Å². The number of fused-ring (bicyclic) bond motifs is 1. The molecule has 0 atom stereocenters. The van der Waals surface area contributed by atoms with Gasteiger partial charge in [-0.3, -0.25) is 4.98 Å². The van der Waals surface area contributed by atoms with Crippen molar-refractivity contribution >= 4 is 17.2 Å². The molecule has 0 aliphatic rings. The Hall–Kier alpha value is -3.92. The zero-order valence-corrected chi connectivity index (χ0v) is 13.8. The van der Waals surface area contributed by atoms with Gasteiger partial charge in [-0.1, -0.05) is 12.1 Å². The molecule has 7 heteroatoms. The van der Waals surface area contributed by atoms with E-state index in [1.165, 1.54) is 6.33 Å². The van der Waals surface area contributed by atoms with Crippen LogP contribution in [-0.2, 0) is 6.54 Å². The zero-order chi connectivity index (χ0) is 17.9. The lowest BCUT2D eigenvalue weighted by molar-refractivity contribution is 1.07. The van der Waals surface area contributed by atoms with Gasteiger partial charge < -0.3 is 15.5 Å². The summed E-state index contributed by atoms with van der Waals surface area (Å²) in [6, 6.07) is 16.0. The molecule has 0 unspecified atom stereocenters. The number of nitrogens with zero attached hydrogens (tertiary/aromatic N) is 5. The minimum absolute atomic E-state index is 0.164. The van der Waals surface area contributed by atoms with Crippen molar-refractivity contribution in [1.29, 1.82) is 5.26 Å². The van der Waals surface area contributed by atoms with Gasteiger partial charge in [-0.15, -0.1) is 0 Å². The second-order valence-corrected chi connectivity index (χ2v) is 5.68. The third-order valence-corrected chi connectivity index (χ3v) is 4.10. The quantitative estimate of drug-likeness (QED) is 0.591. The van der Waals surface area contributed by atoms with E-state index in [0.29, 0.717) is 12.4 Å². The van der Waals surface area contributed by atoms with Gasteiger partial charge >= 0.3 is 0 Å². The number of nitrogens with one attached hydrogen (secondary N) is 1. The molecule has 4 aromatic rings. The van der Waals surface area contributed by atoms with E-state index in [4.69, 9.17) is 5.73 Å². The van der Waals surface area contributed by atoms with E-state index < -0.39 is 0 Å². The molecule has 0 radical (unpaired) electrons. The van der Waals surface area contributed by atoms with Crippen molar-refractivity contribution in [1.82, 2.24) is 19.4 Å². The van der Waals surface area contributed by atoms with Gasteiger partial charge in [-0.25, -0.2) is 9.97 Å². The minimum atomic E-state index is 0.164. The maximum atomic E-state index is 9.28. The summed E-state index contributed by atoms with van der Waals surface area (Å²) in [5, 5.41) is 12.5. The number of nitriles is 1. The van der Waals surface area contributed by atoms with Gasteiger partial charge in [0.15, 0.2) is 0 Å². The highest BCUT2D eigenvalue weighted by Crippen LogP contribution is 2.27. The fourth-order valence-electron chi connectivity index (χ4n) is 2.93. The van der Waals surface area contributed by atoms with E-state index >= 15 is 0 Å². The molecule has 26 heavy (non-hydrogen) atoms. The number of anilines is 2. The van der Waals surface area contributed by atoms with Crippen molar-refractivity contribution in [2.75, 3.05) is 11.1 Å². The average molecular weight is 341 g/mol. The molecule has 0 aliphatic heterocycles. The van der Waals surface area contributed by atoms with E-state index in [0.717, 1.165) is 22.5 Å². The molecule has 4 aromatic heterocycles. The van der Waals surface area contributed by atoms with Crippen LogP contribution in [0.4, 0.5) is 11.6 Å². The van der Waals surface area contributed by atoms with Crippen LogP contribution in [0.3, 0.4) is 0 Å². The van der Waals surface area contributed by atoms with E-state index in [-0.39, 0.29) is 11.4 Å². The van der Waals surface area contributed by atoms with Crippen LogP contribution in [0.2, 0.25) is 0 Å². The lowest BCUT2D eigenvalue weighted by atomic mass is 10.1. The molecular formula is C19H15N7. The third-order valence-electron chi connectivity index (χ3n) is 4.10. The van der Waals surface area contributed by atoms with E-state index in [1.807, 2.05) is 48.7 Å². The van der Waals surface area contributed by atoms with Crippen molar-refractivity contribution in [3.05, 3.63) is 72.3 Å². The molecule has 4 heterocycles. The molecule has 0 amide bonds. The summed E-state index contributed by atoms with van der Waals surface area (Å²) in [7, 11) is 0. The van der Waals surface area contributed by atoms with Crippen LogP contribution >= 0.6 is 0 Å². The molecule has 3 N–H and O–H groups in total. The van der Waals surface area contributed by atoms with Crippen LogP contribution in [-0.4, -0.2) is 19.4 Å². The summed E-state index contributed by atoms with van der Waals surface area (Å²) in [4.78, 5) is 12.5. The van der Waals surface area contributed by atoms with Crippen molar-refractivity contribution in [3.8, 4) is 17.5 Å². The van der Waals surface area contributed by atoms with E-state index in [2.05, 4.69) is 30.7 Å². The standard InChI is InChI=1S/C19H15N7/c20-10-15-18(21)24-12-25-19(15)23-11-13-9-14-5-2-4-8-26(14)17(13)16-6-1-3-7-22-16/h1-9,12H,11H2,(H3,21,23,24,25). The zero-order valence-electron chi connectivity index (χ0n) is 13.8. The van der Waals surface area contributed by atoms with E-state index in [1.54, 1.807) is 6.20 Å². The van der Waals surface area contributed by atoms with Gasteiger partial charge in [0.2, 0.25) is 0 Å². The highest BCUT2D eigenvalue weighted by molar-refractivity contribution is 5.70. The maximum absolute atomic E-state index is 9.28. The van der Waals surface area contributed by atoms with E-state index in [9.17, 15) is 5.26 Å². The summed E-state index contributed by atoms with van der Waals surface area (Å²) in [5.41, 5.74) is 9.97. The Kier molecular flexibility index (Phi) is 3.92. The summed E-state index contributed by atoms with van der Waals surface area (Å²) in [6.07, 6.45) is 5.12. The van der Waals surface area contributed by atoms with Crippen LogP contribution in [0.15, 0.2) is 61.2 Å². The second-order valence-electron chi connectivity index (χ2n) is 5.68. The lowest BCUT2D eigenvalue weighted by Gasteiger charge is -2.09. The molecule has 0 fully saturated rings. The number of nitrogens with two attached hydrogens (primary N) is 1. The Bertz CT molecular complexity index is 1110. The topological polar surface area (TPSA) is 105 Å². The molecule has 4 rings (SSSR count). The molecule has 0 saturated carbocycles. The number of hydrogen-bond acceptors (Lipinski definition) is 6. The molecule has 0 spiro atoms. The molecule has 7 nitrogen and oxygen atoms in total. The SMILES string of the molecule is N#Cc1c(N)ncnc1NCc1cc2ccccn2c1-c1ccccn1. The van der Waals surface area contributed by atoms with Gasteiger partial charge in [0.1, 0.15) is 29.6 Å². The summed E-state index contributed by atoms with van der Waals surface area (Å²) in [6.45, 7) is 0.471. The average Bonchev–Trinajstić information content (AvgIpc) is 3.05. The monoisotopic (exact) mass is 341 g/mol. The van der Waals surface area contributed by atoms with Crippen molar-refractivity contribution in [2.24, 2.45) is 0 Å². The first-order valence-corrected chi connectivity index (χ1v) is 8.02. The first-order chi connectivity index (χ1) is 12.8. The number of rotatable bonds is 4. The lowest BCUT2D eigenvalue weighted by Crippen LogP contribution is -2.07. The highest BCUT2D eigenvalue weighted by Gasteiger charge is 2.14. The fourth-order valence-corrected chi connectivity index (χ4v) is 2.93. The minimum Gasteiger partial charge on any atom is -0.382 e. The molecule has 126 valence electrons. The second kappa shape index (κ2) is 6.53. The molecular weight excluding hydrogens is 326 g/mol. The summed E-state index contributed by atoms with van der Waals surface area (Å²) < 4.78 is 2.10. The number of aromatic nitrogens is 4. The Morgan fingerprint density at radius 2 is 2.00 bits per heavy atom. The normalized spacial score (nSPS) is 10.6. The Labute approximate surface area is 149 Å². The highest BCUT2D eigenvalue weighted by atomic mass is 15.0. The summed E-state index contributed by atoms with van der Waals surface area (Å²) >= 11 is 0. The van der Waals surface area contributed by atoms with Crippen LogP contribution in [0.25, 0.3) is 16.9 Å². The van der Waals surface area contributed by atoms with Crippen molar-refractivity contribution < 1.29 is 0 Å². The fraction of sp³-hybridized carbons (Fsp3) is 0.0526. The Balaban J connectivity index is 1.76. The van der Waals surface area contributed by atoms with Crippen LogP contribution in [0.5, 0.6) is 0 Å². The molecule has 0 aliphatic carbocycles. The Morgan fingerprint density at radius 1 is 1.12 bits per heavy atom. The molecule has 0 saturated heterocycles. The predicted octanol–water partition coefficient (Wildman–Crippen LogP) is 2.86. The summed E-state index contributed by atoms with van der Waals surface area (Å²) in [5.74, 6) is 0.583. The Morgan fingerprint density at radius 3 is 2.81 bits per heavy atom. The maximum Gasteiger partial charge on any atom is 0.149 e. The van der Waals surface area contributed by atoms with Gasteiger partial charge in [0.05, 0.1) is 11.4 Å². The van der Waals surface area contributed by atoms with Crippen LogP contribution < -0.4 is 11.1 Å². The predicted molar refractivity (Wildman–Crippen MR) is 99.1 cm³/mol. The van der Waals surface area contributed by atoms with Crippen LogP contribution in [0, 0.1) is 11.3 Å². The smallest absolute Gasteiger partial charge is 0.149 e. The number of pyridine rings is 2. The number of hydrogen-bond donors (Lipinski definition) is 2. The van der Waals surface area contributed by atoms with Gasteiger partial charge in [0.25, 0.3) is 0 Å². The van der Waals surface area contributed by atoms with Gasteiger partial charge in [-0.05, 0) is 35.9 Å². The van der Waals surface area contributed by atoms with Crippen LogP contribution in [0.1, 0.15) is 11.1 Å². The largest absolute Gasteiger partial charge is 0.382 e. The molecule has 0 bridgehead atoms. The third kappa shape index (κ3) is 2.70.